The van der Waals surface area contributed by atoms with Crippen LogP contribution in [0, 0.1) is 0 Å². The van der Waals surface area contributed by atoms with Crippen LogP contribution in [0.25, 0.3) is 0 Å². The van der Waals surface area contributed by atoms with E-state index in [0.29, 0.717) is 6.54 Å². The highest BCUT2D eigenvalue weighted by atomic mass is 35.5. The number of hydrogen-bond donors (Lipinski definition) is 1. The first-order chi connectivity index (χ1) is 11.6. The highest BCUT2D eigenvalue weighted by molar-refractivity contribution is 7.10. The molecule has 1 unspecified atom stereocenters. The number of likely N-dealkylation sites (tertiary alicyclic amines) is 1. The molecule has 1 amide bonds. The molecule has 3 rings (SSSR count). The zero-order valence-electron chi connectivity index (χ0n) is 12.9. The van der Waals surface area contributed by atoms with E-state index in [-0.39, 0.29) is 34.8 Å². The van der Waals surface area contributed by atoms with Gasteiger partial charge in [-0.3, -0.25) is 4.79 Å². The van der Waals surface area contributed by atoms with E-state index in [4.69, 9.17) is 22.1 Å². The van der Waals surface area contributed by atoms with Gasteiger partial charge in [-0.2, -0.15) is 0 Å². The van der Waals surface area contributed by atoms with Crippen LogP contribution in [-0.4, -0.2) is 29.9 Å². The smallest absolute Gasteiger partial charge is 0.340 e. The van der Waals surface area contributed by atoms with Crippen molar-refractivity contribution >= 4 is 40.5 Å². The summed E-state index contributed by atoms with van der Waals surface area (Å²) in [6.07, 6.45) is 1.88. The fraction of sp³-hybridized carbons (Fsp3) is 0.294. The second kappa shape index (κ2) is 7.23. The summed E-state index contributed by atoms with van der Waals surface area (Å²) in [6, 6.07) is 8.81. The molecular weight excluding hydrogens is 348 g/mol. The van der Waals surface area contributed by atoms with Gasteiger partial charge in [-0.05, 0) is 36.4 Å². The quantitative estimate of drug-likeness (QED) is 0.665. The summed E-state index contributed by atoms with van der Waals surface area (Å²) in [5.41, 5.74) is 6.11. The van der Waals surface area contributed by atoms with Crippen LogP contribution in [0.15, 0.2) is 35.7 Å². The Morgan fingerprint density at radius 1 is 1.33 bits per heavy atom. The number of esters is 1. The van der Waals surface area contributed by atoms with Crippen LogP contribution >= 0.6 is 22.9 Å². The molecule has 1 saturated heterocycles. The summed E-state index contributed by atoms with van der Waals surface area (Å²) in [5, 5.41) is 2.28. The summed E-state index contributed by atoms with van der Waals surface area (Å²) in [4.78, 5) is 27.5. The highest BCUT2D eigenvalue weighted by Gasteiger charge is 2.31. The number of carbonyl (C=O) groups excluding carboxylic acids is 2. The van der Waals surface area contributed by atoms with E-state index in [1.807, 2.05) is 17.5 Å². The molecule has 1 aliphatic heterocycles. The standard InChI is InChI=1S/C17H17ClN2O3S/c18-12-5-1-4-11(16(12)19)17(22)23-10-15(21)20-8-2-6-13(20)14-7-3-9-24-14/h1,3-5,7,9,13H,2,6,8,10,19H2. The van der Waals surface area contributed by atoms with E-state index in [9.17, 15) is 9.59 Å². The van der Waals surface area contributed by atoms with E-state index in [0.717, 1.165) is 17.7 Å². The fourth-order valence-electron chi connectivity index (χ4n) is 2.84. The van der Waals surface area contributed by atoms with E-state index in [1.54, 1.807) is 28.4 Å². The van der Waals surface area contributed by atoms with Crippen molar-refractivity contribution in [3.63, 3.8) is 0 Å². The number of rotatable bonds is 4. The molecular formula is C17H17ClN2O3S. The Balaban J connectivity index is 1.63. The molecule has 2 aromatic rings. The number of carbonyl (C=O) groups is 2. The Labute approximate surface area is 149 Å². The maximum Gasteiger partial charge on any atom is 0.340 e. The molecule has 0 bridgehead atoms. The third-order valence-electron chi connectivity index (χ3n) is 4.04. The molecule has 5 nitrogen and oxygen atoms in total. The molecule has 126 valence electrons. The van der Waals surface area contributed by atoms with Crippen LogP contribution in [0.1, 0.15) is 34.1 Å². The summed E-state index contributed by atoms with van der Waals surface area (Å²) in [5.74, 6) is -0.838. The van der Waals surface area contributed by atoms with Gasteiger partial charge in [0, 0.05) is 11.4 Å². The van der Waals surface area contributed by atoms with Gasteiger partial charge < -0.3 is 15.4 Å². The van der Waals surface area contributed by atoms with Crippen molar-refractivity contribution in [2.45, 2.75) is 18.9 Å². The summed E-state index contributed by atoms with van der Waals surface area (Å²) in [7, 11) is 0. The first kappa shape index (κ1) is 16.8. The predicted molar refractivity (Wildman–Crippen MR) is 94.2 cm³/mol. The molecule has 7 heteroatoms. The Morgan fingerprint density at radius 3 is 2.92 bits per heavy atom. The largest absolute Gasteiger partial charge is 0.452 e. The lowest BCUT2D eigenvalue weighted by molar-refractivity contribution is -0.135. The van der Waals surface area contributed by atoms with Gasteiger partial charge in [0.05, 0.1) is 22.3 Å². The molecule has 1 fully saturated rings. The van der Waals surface area contributed by atoms with Crippen molar-refractivity contribution in [1.82, 2.24) is 4.90 Å². The molecule has 0 saturated carbocycles. The molecule has 2 heterocycles. The van der Waals surface area contributed by atoms with E-state index in [1.165, 1.54) is 6.07 Å². The molecule has 1 aromatic carbocycles. The Morgan fingerprint density at radius 2 is 2.17 bits per heavy atom. The van der Waals surface area contributed by atoms with Crippen molar-refractivity contribution in [3.8, 4) is 0 Å². The lowest BCUT2D eigenvalue weighted by Gasteiger charge is -2.23. The van der Waals surface area contributed by atoms with Gasteiger partial charge in [-0.25, -0.2) is 4.79 Å². The minimum absolute atomic E-state index is 0.0763. The fourth-order valence-corrected chi connectivity index (χ4v) is 3.89. The normalized spacial score (nSPS) is 17.0. The maximum absolute atomic E-state index is 12.4. The molecule has 2 N–H and O–H groups in total. The highest BCUT2D eigenvalue weighted by Crippen LogP contribution is 2.34. The second-order valence-corrected chi connectivity index (χ2v) is 6.92. The number of hydrogen-bond acceptors (Lipinski definition) is 5. The van der Waals surface area contributed by atoms with Gasteiger partial charge in [0.25, 0.3) is 5.91 Å². The number of nitrogens with zero attached hydrogens (tertiary/aromatic N) is 1. The SMILES string of the molecule is Nc1c(Cl)cccc1C(=O)OCC(=O)N1CCCC1c1cccs1. The monoisotopic (exact) mass is 364 g/mol. The number of amides is 1. The van der Waals surface area contributed by atoms with Crippen LogP contribution in [0.5, 0.6) is 0 Å². The zero-order valence-corrected chi connectivity index (χ0v) is 14.5. The van der Waals surface area contributed by atoms with Crippen LogP contribution in [0.4, 0.5) is 5.69 Å². The number of thiophene rings is 1. The topological polar surface area (TPSA) is 72.6 Å². The maximum atomic E-state index is 12.4. The number of benzene rings is 1. The number of nitrogen functional groups attached to an aromatic ring is 1. The van der Waals surface area contributed by atoms with Crippen molar-refractivity contribution in [3.05, 3.63) is 51.2 Å². The average molecular weight is 365 g/mol. The van der Waals surface area contributed by atoms with Gasteiger partial charge in [-0.1, -0.05) is 23.7 Å². The van der Waals surface area contributed by atoms with E-state index >= 15 is 0 Å². The van der Waals surface area contributed by atoms with Gasteiger partial charge in [-0.15, -0.1) is 11.3 Å². The summed E-state index contributed by atoms with van der Waals surface area (Å²) >= 11 is 7.53. The van der Waals surface area contributed by atoms with Gasteiger partial charge >= 0.3 is 5.97 Å². The zero-order chi connectivity index (χ0) is 17.1. The molecule has 0 radical (unpaired) electrons. The van der Waals surface area contributed by atoms with E-state index in [2.05, 4.69) is 0 Å². The number of ether oxygens (including phenoxy) is 1. The Kier molecular flexibility index (Phi) is 5.06. The summed E-state index contributed by atoms with van der Waals surface area (Å²) in [6.45, 7) is 0.380. The van der Waals surface area contributed by atoms with Gasteiger partial charge in [0.15, 0.2) is 6.61 Å². The van der Waals surface area contributed by atoms with Crippen molar-refractivity contribution in [1.29, 1.82) is 0 Å². The molecule has 1 atom stereocenters. The third-order valence-corrected chi connectivity index (χ3v) is 5.35. The first-order valence-corrected chi connectivity index (χ1v) is 8.87. The van der Waals surface area contributed by atoms with E-state index < -0.39 is 5.97 Å². The lowest BCUT2D eigenvalue weighted by Crippen LogP contribution is -2.34. The Bertz CT molecular complexity index is 748. The number of halogens is 1. The number of anilines is 1. The molecule has 1 aromatic heterocycles. The van der Waals surface area contributed by atoms with Crippen molar-refractivity contribution in [2.24, 2.45) is 0 Å². The number of para-hydroxylation sites is 1. The Hall–Kier alpha value is -2.05. The third kappa shape index (κ3) is 3.39. The van der Waals surface area contributed by atoms with Crippen LogP contribution < -0.4 is 5.73 Å². The van der Waals surface area contributed by atoms with Crippen LogP contribution in [0.2, 0.25) is 5.02 Å². The van der Waals surface area contributed by atoms with Crippen molar-refractivity contribution < 1.29 is 14.3 Å². The van der Waals surface area contributed by atoms with Crippen LogP contribution in [-0.2, 0) is 9.53 Å². The van der Waals surface area contributed by atoms with Gasteiger partial charge in [0.1, 0.15) is 0 Å². The lowest BCUT2D eigenvalue weighted by atomic mass is 10.2. The minimum atomic E-state index is -0.643. The molecule has 24 heavy (non-hydrogen) atoms. The first-order valence-electron chi connectivity index (χ1n) is 7.62. The van der Waals surface area contributed by atoms with Crippen molar-refractivity contribution in [2.75, 3.05) is 18.9 Å². The van der Waals surface area contributed by atoms with Gasteiger partial charge in [0.2, 0.25) is 0 Å². The number of nitrogens with two attached hydrogens (primary N) is 1. The van der Waals surface area contributed by atoms with Crippen LogP contribution in [0.3, 0.4) is 0 Å². The predicted octanol–water partition coefficient (Wildman–Crippen LogP) is 3.50. The minimum Gasteiger partial charge on any atom is -0.452 e. The second-order valence-electron chi connectivity index (χ2n) is 5.54. The molecule has 0 spiro atoms. The molecule has 1 aliphatic rings. The summed E-state index contributed by atoms with van der Waals surface area (Å²) < 4.78 is 5.14. The average Bonchev–Trinajstić information content (AvgIpc) is 3.25. The molecule has 0 aliphatic carbocycles.